The smallest absolute Gasteiger partial charge is 0.326 e. The number of nitrogens with two attached hydrogens (primary N) is 2. The van der Waals surface area contributed by atoms with Gasteiger partial charge in [0.05, 0.1) is 18.7 Å². The normalized spacial score (nSPS) is 17.8. The summed E-state index contributed by atoms with van der Waals surface area (Å²) in [4.78, 5) is 88.0. The van der Waals surface area contributed by atoms with Gasteiger partial charge in [-0.2, -0.15) is 0 Å². The number of aliphatic hydroxyl groups excluding tert-OH is 1. The average Bonchev–Trinajstić information content (AvgIpc) is 3.45. The van der Waals surface area contributed by atoms with E-state index in [0.717, 1.165) is 0 Å². The van der Waals surface area contributed by atoms with Gasteiger partial charge in [0.1, 0.15) is 24.2 Å². The molecule has 45 heavy (non-hydrogen) atoms. The summed E-state index contributed by atoms with van der Waals surface area (Å²) in [7, 11) is 0. The Morgan fingerprint density at radius 2 is 1.58 bits per heavy atom. The molecule has 1 fully saturated rings. The molecule has 256 valence electrons. The molecule has 0 bridgehead atoms. The SMILES string of the molecule is CC(C)C[C@H](N)C(=O)N1CCC[C@H]1C(=O)N[C@@H](CCCCN)C(=O)N[C@H](C(=O)NCC(=O)N[C@@H](CCC(=O)O)C(=O)O)[C@@H](C)O. The summed E-state index contributed by atoms with van der Waals surface area (Å²) in [5.41, 5.74) is 11.7. The van der Waals surface area contributed by atoms with Crippen LogP contribution in [0.25, 0.3) is 0 Å². The standard InChI is InChI=1S/C28H49N7O10/c1-15(2)13-17(30)27(43)35-12-6-8-20(35)25(41)33-18(7-4-5-11-29)24(40)34-23(16(3)36)26(42)31-14-21(37)32-19(28(44)45)9-10-22(38)39/h15-20,23,36H,4-14,29-30H2,1-3H3,(H,31,42)(H,32,37)(H,33,41)(H,34,40)(H,38,39)(H,44,45)/t16-,17+,18+,19+,20+,23+/m1/s1. The lowest BCUT2D eigenvalue weighted by Gasteiger charge is -2.29. The topological polar surface area (TPSA) is 284 Å². The minimum atomic E-state index is -1.56. The van der Waals surface area contributed by atoms with Gasteiger partial charge < -0.3 is 53.0 Å². The van der Waals surface area contributed by atoms with Gasteiger partial charge in [0, 0.05) is 13.0 Å². The predicted molar refractivity (Wildman–Crippen MR) is 160 cm³/mol. The highest BCUT2D eigenvalue weighted by Crippen LogP contribution is 2.20. The first kappa shape index (κ1) is 39.2. The predicted octanol–water partition coefficient (Wildman–Crippen LogP) is -2.62. The van der Waals surface area contributed by atoms with Crippen LogP contribution in [0, 0.1) is 5.92 Å². The Morgan fingerprint density at radius 3 is 2.13 bits per heavy atom. The number of likely N-dealkylation sites (tertiary alicyclic amines) is 1. The highest BCUT2D eigenvalue weighted by molar-refractivity contribution is 5.96. The number of amides is 5. The van der Waals surface area contributed by atoms with Crippen LogP contribution in [0.2, 0.25) is 0 Å². The van der Waals surface area contributed by atoms with Crippen molar-refractivity contribution in [1.29, 1.82) is 0 Å². The van der Waals surface area contributed by atoms with Crippen LogP contribution in [0.5, 0.6) is 0 Å². The second-order valence-corrected chi connectivity index (χ2v) is 11.6. The van der Waals surface area contributed by atoms with E-state index in [9.17, 15) is 43.8 Å². The van der Waals surface area contributed by atoms with Gasteiger partial charge in [-0.25, -0.2) is 4.79 Å². The van der Waals surface area contributed by atoms with E-state index >= 15 is 0 Å². The van der Waals surface area contributed by atoms with Crippen LogP contribution < -0.4 is 32.7 Å². The molecular weight excluding hydrogens is 594 g/mol. The molecule has 0 aromatic rings. The molecule has 6 atom stereocenters. The Hall–Kier alpha value is -3.83. The van der Waals surface area contributed by atoms with Gasteiger partial charge in [0.25, 0.3) is 0 Å². The molecule has 0 aliphatic carbocycles. The van der Waals surface area contributed by atoms with Crippen molar-refractivity contribution in [3.05, 3.63) is 0 Å². The first-order valence-corrected chi connectivity index (χ1v) is 15.2. The second-order valence-electron chi connectivity index (χ2n) is 11.6. The molecule has 1 heterocycles. The van der Waals surface area contributed by atoms with Crippen LogP contribution in [0.1, 0.15) is 72.1 Å². The molecule has 0 saturated carbocycles. The van der Waals surface area contributed by atoms with Crippen molar-refractivity contribution in [2.75, 3.05) is 19.6 Å². The van der Waals surface area contributed by atoms with E-state index in [0.29, 0.717) is 45.2 Å². The number of rotatable bonds is 20. The van der Waals surface area contributed by atoms with Crippen molar-refractivity contribution in [3.8, 4) is 0 Å². The molecule has 1 saturated heterocycles. The Balaban J connectivity index is 2.92. The van der Waals surface area contributed by atoms with Crippen LogP contribution in [-0.4, -0.2) is 118 Å². The van der Waals surface area contributed by atoms with Crippen molar-refractivity contribution < 1.29 is 48.9 Å². The maximum absolute atomic E-state index is 13.3. The lowest BCUT2D eigenvalue weighted by atomic mass is 10.0. The molecule has 0 aromatic carbocycles. The number of carbonyl (C=O) groups excluding carboxylic acids is 5. The summed E-state index contributed by atoms with van der Waals surface area (Å²) in [6, 6.07) is -5.81. The zero-order valence-corrected chi connectivity index (χ0v) is 26.1. The van der Waals surface area contributed by atoms with Crippen molar-refractivity contribution in [3.63, 3.8) is 0 Å². The van der Waals surface area contributed by atoms with E-state index in [1.807, 2.05) is 13.8 Å². The average molecular weight is 644 g/mol. The zero-order valence-electron chi connectivity index (χ0n) is 26.1. The summed E-state index contributed by atoms with van der Waals surface area (Å²) < 4.78 is 0. The quantitative estimate of drug-likeness (QED) is 0.0617. The maximum atomic E-state index is 13.3. The summed E-state index contributed by atoms with van der Waals surface area (Å²) in [6.07, 6.45) is 0.196. The molecule has 17 heteroatoms. The highest BCUT2D eigenvalue weighted by Gasteiger charge is 2.38. The van der Waals surface area contributed by atoms with E-state index in [1.54, 1.807) is 0 Å². The third kappa shape index (κ3) is 13.8. The summed E-state index contributed by atoms with van der Waals surface area (Å²) in [6.45, 7) is 5.04. The first-order chi connectivity index (χ1) is 21.1. The molecule has 1 aliphatic heterocycles. The van der Waals surface area contributed by atoms with Gasteiger partial charge in [0.2, 0.25) is 29.5 Å². The number of nitrogens with zero attached hydrogens (tertiary/aromatic N) is 1. The highest BCUT2D eigenvalue weighted by atomic mass is 16.4. The van der Waals surface area contributed by atoms with Gasteiger partial charge >= 0.3 is 11.9 Å². The third-order valence-electron chi connectivity index (χ3n) is 7.23. The van der Waals surface area contributed by atoms with Crippen LogP contribution in [0.15, 0.2) is 0 Å². The summed E-state index contributed by atoms with van der Waals surface area (Å²) >= 11 is 0. The lowest BCUT2D eigenvalue weighted by Crippen LogP contribution is -2.59. The number of aliphatic carboxylic acids is 2. The van der Waals surface area contributed by atoms with Gasteiger partial charge in [-0.15, -0.1) is 0 Å². The van der Waals surface area contributed by atoms with E-state index in [4.69, 9.17) is 16.6 Å². The minimum Gasteiger partial charge on any atom is -0.481 e. The van der Waals surface area contributed by atoms with Crippen molar-refractivity contribution in [1.82, 2.24) is 26.2 Å². The number of unbranched alkanes of at least 4 members (excludes halogenated alkanes) is 1. The number of carboxylic acids is 2. The molecule has 11 N–H and O–H groups in total. The fourth-order valence-corrected chi connectivity index (χ4v) is 4.86. The largest absolute Gasteiger partial charge is 0.481 e. The molecule has 0 radical (unpaired) electrons. The Kier molecular flexibility index (Phi) is 17.0. The summed E-state index contributed by atoms with van der Waals surface area (Å²) in [5, 5.41) is 37.5. The van der Waals surface area contributed by atoms with Gasteiger partial charge in [-0.1, -0.05) is 13.8 Å². The fourth-order valence-electron chi connectivity index (χ4n) is 4.86. The fraction of sp³-hybridized carbons (Fsp3) is 0.750. The van der Waals surface area contributed by atoms with Crippen molar-refractivity contribution in [2.45, 2.75) is 108 Å². The van der Waals surface area contributed by atoms with Crippen LogP contribution >= 0.6 is 0 Å². The Morgan fingerprint density at radius 1 is 0.911 bits per heavy atom. The van der Waals surface area contributed by atoms with Crippen molar-refractivity contribution in [2.24, 2.45) is 17.4 Å². The minimum absolute atomic E-state index is 0.145. The molecule has 17 nitrogen and oxygen atoms in total. The first-order valence-electron chi connectivity index (χ1n) is 15.2. The van der Waals surface area contributed by atoms with Gasteiger partial charge in [-0.05, 0) is 64.3 Å². The molecule has 1 aliphatic rings. The van der Waals surface area contributed by atoms with E-state index in [1.165, 1.54) is 11.8 Å². The number of carbonyl (C=O) groups is 7. The zero-order chi connectivity index (χ0) is 34.3. The third-order valence-corrected chi connectivity index (χ3v) is 7.23. The number of hydrogen-bond acceptors (Lipinski definition) is 10. The number of nitrogens with one attached hydrogen (secondary N) is 4. The molecule has 0 unspecified atom stereocenters. The molecule has 5 amide bonds. The lowest BCUT2D eigenvalue weighted by molar-refractivity contribution is -0.143. The molecular formula is C28H49N7O10. The second kappa shape index (κ2) is 19.5. The van der Waals surface area contributed by atoms with E-state index in [2.05, 4.69) is 21.3 Å². The van der Waals surface area contributed by atoms with E-state index in [-0.39, 0.29) is 24.7 Å². The van der Waals surface area contributed by atoms with Crippen molar-refractivity contribution >= 4 is 41.5 Å². The maximum Gasteiger partial charge on any atom is 0.326 e. The molecule has 1 rings (SSSR count). The summed E-state index contributed by atoms with van der Waals surface area (Å²) in [5.74, 6) is -6.15. The molecule has 0 spiro atoms. The Bertz CT molecular complexity index is 1050. The van der Waals surface area contributed by atoms with Gasteiger partial charge in [0.15, 0.2) is 0 Å². The van der Waals surface area contributed by atoms with Crippen LogP contribution in [0.4, 0.5) is 0 Å². The number of aliphatic hydroxyl groups is 1. The number of carboxylic acid groups (broad SMARTS) is 2. The van der Waals surface area contributed by atoms with Crippen LogP contribution in [0.3, 0.4) is 0 Å². The van der Waals surface area contributed by atoms with Crippen LogP contribution in [-0.2, 0) is 33.6 Å². The monoisotopic (exact) mass is 643 g/mol. The van der Waals surface area contributed by atoms with Gasteiger partial charge in [-0.3, -0.25) is 28.8 Å². The van der Waals surface area contributed by atoms with E-state index < -0.39 is 84.8 Å². The Labute approximate surface area is 262 Å². The number of hydrogen-bond donors (Lipinski definition) is 9. The molecule has 0 aromatic heterocycles.